The number of benzene rings is 2. The van der Waals surface area contributed by atoms with Gasteiger partial charge in [-0.3, -0.25) is 13.9 Å². The van der Waals surface area contributed by atoms with Gasteiger partial charge in [-0.15, -0.1) is 0 Å². The highest BCUT2D eigenvalue weighted by molar-refractivity contribution is 6.19. The van der Waals surface area contributed by atoms with Crippen LogP contribution in [0.15, 0.2) is 80.3 Å². The molecule has 30 heavy (non-hydrogen) atoms. The zero-order valence-electron chi connectivity index (χ0n) is 17.0. The number of hydrogen-bond donors (Lipinski definition) is 0. The number of aliphatic imine (C=N–C) groups is 1. The van der Waals surface area contributed by atoms with E-state index in [0.29, 0.717) is 11.4 Å². The molecule has 0 N–H and O–H groups in total. The van der Waals surface area contributed by atoms with E-state index in [1.807, 2.05) is 72.6 Å². The second-order valence-corrected chi connectivity index (χ2v) is 7.67. The fourth-order valence-electron chi connectivity index (χ4n) is 4.42. The molecule has 2 atom stereocenters. The largest absolute Gasteiger partial charge is 0.332 e. The fourth-order valence-corrected chi connectivity index (χ4v) is 4.42. The number of para-hydroxylation sites is 1. The van der Waals surface area contributed by atoms with Crippen molar-refractivity contribution < 1.29 is 0 Å². The third-order valence-corrected chi connectivity index (χ3v) is 5.89. The number of hydrazone groups is 1. The van der Waals surface area contributed by atoms with Crippen molar-refractivity contribution in [2.75, 3.05) is 5.01 Å². The predicted molar refractivity (Wildman–Crippen MR) is 118 cm³/mol. The molecule has 3 aromatic rings. The second kappa shape index (κ2) is 6.66. The molecule has 0 saturated heterocycles. The average molecular weight is 399 g/mol. The van der Waals surface area contributed by atoms with Crippen LogP contribution in [-0.2, 0) is 14.1 Å². The summed E-state index contributed by atoms with van der Waals surface area (Å²) in [6.07, 6.45) is 0. The lowest BCUT2D eigenvalue weighted by molar-refractivity contribution is 0.630. The minimum atomic E-state index is -0.393. The van der Waals surface area contributed by atoms with Crippen LogP contribution in [0.3, 0.4) is 0 Å². The van der Waals surface area contributed by atoms with Crippen molar-refractivity contribution in [2.24, 2.45) is 30.1 Å². The summed E-state index contributed by atoms with van der Waals surface area (Å²) in [5.41, 5.74) is 2.60. The van der Waals surface area contributed by atoms with Crippen LogP contribution in [0.25, 0.3) is 0 Å². The van der Waals surface area contributed by atoms with E-state index in [9.17, 15) is 9.59 Å². The lowest BCUT2D eigenvalue weighted by Gasteiger charge is -2.32. The standard InChI is InChI=1S/C23H21N5O2/c1-14-17-18(15-10-6-4-7-11-15)19-20(26(2)23(30)27(3)22(19)29)24-21(17)28(25-14)16-12-8-5-9-13-16/h4-13,17-18H,1-3H3. The Kier molecular flexibility index (Phi) is 4.06. The molecule has 5 rings (SSSR count). The smallest absolute Gasteiger partial charge is 0.281 e. The van der Waals surface area contributed by atoms with Gasteiger partial charge in [0.1, 0.15) is 11.7 Å². The zero-order chi connectivity index (χ0) is 21.0. The molecular formula is C23H21N5O2. The van der Waals surface area contributed by atoms with Crippen molar-refractivity contribution >= 4 is 23.1 Å². The van der Waals surface area contributed by atoms with E-state index in [1.165, 1.54) is 11.6 Å². The molecule has 0 spiro atoms. The van der Waals surface area contributed by atoms with Gasteiger partial charge >= 0.3 is 5.69 Å². The minimum absolute atomic E-state index is 0.190. The zero-order valence-corrected chi connectivity index (χ0v) is 17.0. The van der Waals surface area contributed by atoms with Crippen molar-refractivity contribution in [3.8, 4) is 0 Å². The Bertz CT molecular complexity index is 1320. The Balaban J connectivity index is 1.84. The van der Waals surface area contributed by atoms with Crippen LogP contribution in [0.1, 0.15) is 24.0 Å². The lowest BCUT2D eigenvalue weighted by Crippen LogP contribution is -2.44. The molecule has 2 aliphatic heterocycles. The van der Waals surface area contributed by atoms with Crippen LogP contribution in [0, 0.1) is 5.92 Å². The molecule has 1 aromatic heterocycles. The van der Waals surface area contributed by atoms with Gasteiger partial charge in [-0.25, -0.2) is 14.8 Å². The number of fused-ring (bicyclic) bond motifs is 2. The van der Waals surface area contributed by atoms with E-state index in [0.717, 1.165) is 27.4 Å². The molecule has 2 aromatic carbocycles. The summed E-state index contributed by atoms with van der Waals surface area (Å²) in [5.74, 6) is 0.652. The molecule has 2 aliphatic rings. The Labute approximate surface area is 173 Å². The first kappa shape index (κ1) is 18.3. The average Bonchev–Trinajstić information content (AvgIpc) is 3.12. The molecule has 0 amide bonds. The van der Waals surface area contributed by atoms with Crippen molar-refractivity contribution in [3.63, 3.8) is 0 Å². The predicted octanol–water partition coefficient (Wildman–Crippen LogP) is 2.77. The van der Waals surface area contributed by atoms with Crippen LogP contribution in [0.2, 0.25) is 0 Å². The third-order valence-electron chi connectivity index (χ3n) is 5.89. The summed E-state index contributed by atoms with van der Waals surface area (Å²) in [6, 6.07) is 19.7. The van der Waals surface area contributed by atoms with E-state index in [-0.39, 0.29) is 17.4 Å². The molecule has 0 fully saturated rings. The summed E-state index contributed by atoms with van der Waals surface area (Å²) >= 11 is 0. The second-order valence-electron chi connectivity index (χ2n) is 7.67. The molecule has 7 heteroatoms. The molecule has 0 radical (unpaired) electrons. The van der Waals surface area contributed by atoms with Gasteiger partial charge in [-0.05, 0) is 24.6 Å². The number of hydrogen-bond acceptors (Lipinski definition) is 5. The van der Waals surface area contributed by atoms with Crippen LogP contribution in [-0.4, -0.2) is 20.7 Å². The Morgan fingerprint density at radius 2 is 1.47 bits per heavy atom. The van der Waals surface area contributed by atoms with Gasteiger partial charge in [0.2, 0.25) is 0 Å². The Morgan fingerprint density at radius 3 is 2.13 bits per heavy atom. The highest BCUT2D eigenvalue weighted by Crippen LogP contribution is 2.44. The number of anilines is 1. The molecule has 3 heterocycles. The molecule has 0 aliphatic carbocycles. The third kappa shape index (κ3) is 2.51. The molecule has 150 valence electrons. The Hall–Kier alpha value is -3.74. The van der Waals surface area contributed by atoms with E-state index < -0.39 is 5.69 Å². The maximum absolute atomic E-state index is 13.2. The van der Waals surface area contributed by atoms with Gasteiger partial charge in [0.25, 0.3) is 5.56 Å². The van der Waals surface area contributed by atoms with Crippen LogP contribution < -0.4 is 16.3 Å². The SMILES string of the molecule is CC1=NN(c2ccccc2)C2=Nc3c(c(=O)n(C)c(=O)n3C)C(c3ccccc3)C12. The maximum Gasteiger partial charge on any atom is 0.332 e. The van der Waals surface area contributed by atoms with Gasteiger partial charge in [-0.1, -0.05) is 48.5 Å². The number of aromatic nitrogens is 2. The highest BCUT2D eigenvalue weighted by Gasteiger charge is 2.45. The summed E-state index contributed by atoms with van der Waals surface area (Å²) in [4.78, 5) is 30.7. The van der Waals surface area contributed by atoms with Gasteiger partial charge in [0.15, 0.2) is 0 Å². The van der Waals surface area contributed by atoms with Gasteiger partial charge in [0, 0.05) is 25.7 Å². The van der Waals surface area contributed by atoms with E-state index in [2.05, 4.69) is 0 Å². The first-order valence-electron chi connectivity index (χ1n) is 9.82. The van der Waals surface area contributed by atoms with Crippen molar-refractivity contribution in [1.29, 1.82) is 0 Å². The van der Waals surface area contributed by atoms with Gasteiger partial charge in [0.05, 0.1) is 17.2 Å². The minimum Gasteiger partial charge on any atom is -0.281 e. The lowest BCUT2D eigenvalue weighted by atomic mass is 9.77. The molecule has 7 nitrogen and oxygen atoms in total. The summed E-state index contributed by atoms with van der Waals surface area (Å²) < 4.78 is 2.61. The van der Waals surface area contributed by atoms with Crippen LogP contribution in [0.5, 0.6) is 0 Å². The first-order valence-corrected chi connectivity index (χ1v) is 9.82. The molecule has 0 saturated carbocycles. The van der Waals surface area contributed by atoms with Crippen LogP contribution >= 0.6 is 0 Å². The van der Waals surface area contributed by atoms with E-state index >= 15 is 0 Å². The monoisotopic (exact) mass is 399 g/mol. The molecule has 2 unspecified atom stereocenters. The number of nitrogens with zero attached hydrogens (tertiary/aromatic N) is 5. The van der Waals surface area contributed by atoms with Gasteiger partial charge in [-0.2, -0.15) is 5.10 Å². The topological polar surface area (TPSA) is 72.0 Å². The maximum atomic E-state index is 13.2. The summed E-state index contributed by atoms with van der Waals surface area (Å²) in [5, 5.41) is 6.61. The van der Waals surface area contributed by atoms with Gasteiger partial charge < -0.3 is 0 Å². The quantitative estimate of drug-likeness (QED) is 0.665. The van der Waals surface area contributed by atoms with Crippen molar-refractivity contribution in [1.82, 2.24) is 9.13 Å². The van der Waals surface area contributed by atoms with Crippen LogP contribution in [0.4, 0.5) is 11.5 Å². The number of amidine groups is 1. The first-order chi connectivity index (χ1) is 14.5. The van der Waals surface area contributed by atoms with Crippen molar-refractivity contribution in [2.45, 2.75) is 12.8 Å². The van der Waals surface area contributed by atoms with Crippen molar-refractivity contribution in [3.05, 3.63) is 92.6 Å². The highest BCUT2D eigenvalue weighted by atomic mass is 16.2. The fraction of sp³-hybridized carbons (Fsp3) is 0.217. The van der Waals surface area contributed by atoms with E-state index in [1.54, 1.807) is 7.05 Å². The molecule has 0 bridgehead atoms. The summed E-state index contributed by atoms with van der Waals surface area (Å²) in [7, 11) is 3.17. The summed E-state index contributed by atoms with van der Waals surface area (Å²) in [6.45, 7) is 1.97. The van der Waals surface area contributed by atoms with E-state index in [4.69, 9.17) is 10.1 Å². The number of rotatable bonds is 2. The normalized spacial score (nSPS) is 19.8. The molecular weight excluding hydrogens is 378 g/mol. The Morgan fingerprint density at radius 1 is 0.833 bits per heavy atom.